The molecule has 3 N–H and O–H groups in total. The van der Waals surface area contributed by atoms with Crippen LogP contribution >= 0.6 is 0 Å². The standard InChI is InChI=1S/C13H18N2O3/c1-18-11-6-2-5-10(14)12(11)13(17)15-7-3-4-9(16)8-15/h2,5-6,9,16H,3-4,7-8,14H2,1H3. The largest absolute Gasteiger partial charge is 0.496 e. The zero-order chi connectivity index (χ0) is 13.1. The molecule has 0 radical (unpaired) electrons. The fourth-order valence-electron chi connectivity index (χ4n) is 2.24. The van der Waals surface area contributed by atoms with Crippen LogP contribution in [0.25, 0.3) is 0 Å². The summed E-state index contributed by atoms with van der Waals surface area (Å²) < 4.78 is 5.17. The first-order chi connectivity index (χ1) is 8.63. The lowest BCUT2D eigenvalue weighted by atomic mass is 10.1. The van der Waals surface area contributed by atoms with Gasteiger partial charge < -0.3 is 20.5 Å². The summed E-state index contributed by atoms with van der Waals surface area (Å²) in [7, 11) is 1.51. The summed E-state index contributed by atoms with van der Waals surface area (Å²) in [4.78, 5) is 14.0. The lowest BCUT2D eigenvalue weighted by Crippen LogP contribution is -2.42. The van der Waals surface area contributed by atoms with Gasteiger partial charge in [0.1, 0.15) is 11.3 Å². The number of β-amino-alcohol motifs (C(OH)–C–C–N with tert-alkyl or cyclic N) is 1. The molecular weight excluding hydrogens is 232 g/mol. The highest BCUT2D eigenvalue weighted by Gasteiger charge is 2.26. The molecule has 0 aliphatic carbocycles. The molecule has 1 heterocycles. The number of carbonyl (C=O) groups is 1. The molecule has 1 atom stereocenters. The van der Waals surface area contributed by atoms with Crippen molar-refractivity contribution in [1.29, 1.82) is 0 Å². The Morgan fingerprint density at radius 2 is 2.33 bits per heavy atom. The Kier molecular flexibility index (Phi) is 3.72. The van der Waals surface area contributed by atoms with Crippen molar-refractivity contribution in [2.24, 2.45) is 0 Å². The van der Waals surface area contributed by atoms with Crippen molar-refractivity contribution in [3.05, 3.63) is 23.8 Å². The van der Waals surface area contributed by atoms with E-state index < -0.39 is 6.10 Å². The van der Waals surface area contributed by atoms with Gasteiger partial charge in [-0.05, 0) is 25.0 Å². The first kappa shape index (κ1) is 12.7. The minimum Gasteiger partial charge on any atom is -0.496 e. The molecular formula is C13H18N2O3. The Labute approximate surface area is 106 Å². The van der Waals surface area contributed by atoms with Gasteiger partial charge in [-0.1, -0.05) is 6.07 Å². The van der Waals surface area contributed by atoms with Crippen LogP contribution in [-0.2, 0) is 0 Å². The Balaban J connectivity index is 2.28. The molecule has 1 unspecified atom stereocenters. The van der Waals surface area contributed by atoms with Gasteiger partial charge in [0.05, 0.1) is 13.2 Å². The summed E-state index contributed by atoms with van der Waals surface area (Å²) in [6, 6.07) is 5.14. The molecule has 0 spiro atoms. The first-order valence-electron chi connectivity index (χ1n) is 6.03. The van der Waals surface area contributed by atoms with Gasteiger partial charge in [-0.25, -0.2) is 0 Å². The fourth-order valence-corrected chi connectivity index (χ4v) is 2.24. The third-order valence-electron chi connectivity index (χ3n) is 3.18. The highest BCUT2D eigenvalue weighted by Crippen LogP contribution is 2.26. The fraction of sp³-hybridized carbons (Fsp3) is 0.462. The number of piperidine rings is 1. The van der Waals surface area contributed by atoms with E-state index in [0.29, 0.717) is 30.1 Å². The van der Waals surface area contributed by atoms with Crippen molar-refractivity contribution >= 4 is 11.6 Å². The maximum Gasteiger partial charge on any atom is 0.259 e. The molecule has 0 bridgehead atoms. The molecule has 0 aromatic heterocycles. The van der Waals surface area contributed by atoms with Gasteiger partial charge in [0.15, 0.2) is 0 Å². The minimum atomic E-state index is -0.446. The zero-order valence-electron chi connectivity index (χ0n) is 10.4. The van der Waals surface area contributed by atoms with Crippen molar-refractivity contribution < 1.29 is 14.6 Å². The van der Waals surface area contributed by atoms with Gasteiger partial charge >= 0.3 is 0 Å². The number of nitrogens with two attached hydrogens (primary N) is 1. The average Bonchev–Trinajstić information content (AvgIpc) is 2.37. The van der Waals surface area contributed by atoms with Gasteiger partial charge in [0.25, 0.3) is 5.91 Å². The zero-order valence-corrected chi connectivity index (χ0v) is 10.4. The number of hydrogen-bond acceptors (Lipinski definition) is 4. The van der Waals surface area contributed by atoms with Crippen molar-refractivity contribution in [3.8, 4) is 5.75 Å². The van der Waals surface area contributed by atoms with Crippen molar-refractivity contribution in [1.82, 2.24) is 4.90 Å². The summed E-state index contributed by atoms with van der Waals surface area (Å²) in [5.74, 6) is 0.295. The molecule has 5 nitrogen and oxygen atoms in total. The predicted octanol–water partition coefficient (Wildman–Crippen LogP) is 0.874. The molecule has 98 valence electrons. The maximum atomic E-state index is 12.4. The molecule has 1 aliphatic heterocycles. The number of carbonyl (C=O) groups excluding carboxylic acids is 1. The van der Waals surface area contributed by atoms with Crippen molar-refractivity contribution in [2.75, 3.05) is 25.9 Å². The number of methoxy groups -OCH3 is 1. The van der Waals surface area contributed by atoms with E-state index >= 15 is 0 Å². The molecule has 1 aromatic carbocycles. The summed E-state index contributed by atoms with van der Waals surface area (Å²) in [5, 5.41) is 9.61. The van der Waals surface area contributed by atoms with E-state index in [4.69, 9.17) is 10.5 Å². The number of rotatable bonds is 2. The monoisotopic (exact) mass is 250 g/mol. The van der Waals surface area contributed by atoms with Crippen LogP contribution in [0.1, 0.15) is 23.2 Å². The SMILES string of the molecule is COc1cccc(N)c1C(=O)N1CCCC(O)C1. The van der Waals surface area contributed by atoms with Crippen LogP contribution in [-0.4, -0.2) is 42.2 Å². The molecule has 18 heavy (non-hydrogen) atoms. The number of aliphatic hydroxyl groups is 1. The van der Waals surface area contributed by atoms with E-state index in [1.54, 1.807) is 23.1 Å². The molecule has 0 saturated carbocycles. The summed E-state index contributed by atoms with van der Waals surface area (Å²) in [6.07, 6.45) is 1.10. The Hall–Kier alpha value is -1.75. The molecule has 1 amide bonds. The number of amides is 1. The van der Waals surface area contributed by atoms with E-state index in [9.17, 15) is 9.90 Å². The Morgan fingerprint density at radius 3 is 3.00 bits per heavy atom. The number of likely N-dealkylation sites (tertiary alicyclic amines) is 1. The lowest BCUT2D eigenvalue weighted by molar-refractivity contribution is 0.0472. The number of hydrogen-bond donors (Lipinski definition) is 2. The van der Waals surface area contributed by atoms with Gasteiger partial charge in [-0.2, -0.15) is 0 Å². The van der Waals surface area contributed by atoms with E-state index in [2.05, 4.69) is 0 Å². The molecule has 5 heteroatoms. The number of anilines is 1. The second kappa shape index (κ2) is 5.27. The van der Waals surface area contributed by atoms with Gasteiger partial charge in [-0.15, -0.1) is 0 Å². The Morgan fingerprint density at radius 1 is 1.56 bits per heavy atom. The average molecular weight is 250 g/mol. The molecule has 1 fully saturated rings. The van der Waals surface area contributed by atoms with Crippen LogP contribution in [0.5, 0.6) is 5.75 Å². The smallest absolute Gasteiger partial charge is 0.259 e. The van der Waals surface area contributed by atoms with E-state index in [1.165, 1.54) is 7.11 Å². The molecule has 1 aromatic rings. The summed E-state index contributed by atoms with van der Waals surface area (Å²) >= 11 is 0. The second-order valence-corrected chi connectivity index (χ2v) is 4.47. The topological polar surface area (TPSA) is 75.8 Å². The molecule has 2 rings (SSSR count). The highest BCUT2D eigenvalue weighted by molar-refractivity contribution is 6.01. The number of benzene rings is 1. The first-order valence-corrected chi connectivity index (χ1v) is 6.03. The number of nitrogens with zero attached hydrogens (tertiary/aromatic N) is 1. The maximum absolute atomic E-state index is 12.4. The predicted molar refractivity (Wildman–Crippen MR) is 68.6 cm³/mol. The quantitative estimate of drug-likeness (QED) is 0.764. The van der Waals surface area contributed by atoms with Crippen LogP contribution in [0.3, 0.4) is 0 Å². The van der Waals surface area contributed by atoms with Crippen molar-refractivity contribution in [2.45, 2.75) is 18.9 Å². The molecule has 1 saturated heterocycles. The van der Waals surface area contributed by atoms with Gasteiger partial charge in [0.2, 0.25) is 0 Å². The van der Waals surface area contributed by atoms with Gasteiger partial charge in [-0.3, -0.25) is 4.79 Å². The van der Waals surface area contributed by atoms with Crippen LogP contribution in [0, 0.1) is 0 Å². The molecule has 1 aliphatic rings. The highest BCUT2D eigenvalue weighted by atomic mass is 16.5. The minimum absolute atomic E-state index is 0.177. The lowest BCUT2D eigenvalue weighted by Gasteiger charge is -2.30. The third-order valence-corrected chi connectivity index (χ3v) is 3.18. The summed E-state index contributed by atoms with van der Waals surface area (Å²) in [6.45, 7) is 1.00. The number of aliphatic hydroxyl groups excluding tert-OH is 1. The van der Waals surface area contributed by atoms with E-state index in [0.717, 1.165) is 12.8 Å². The van der Waals surface area contributed by atoms with E-state index in [1.807, 2.05) is 0 Å². The second-order valence-electron chi connectivity index (χ2n) is 4.47. The number of nitrogen functional groups attached to an aromatic ring is 1. The Bertz CT molecular complexity index is 448. The van der Waals surface area contributed by atoms with Crippen LogP contribution in [0.2, 0.25) is 0 Å². The third kappa shape index (κ3) is 2.41. The normalized spacial score (nSPS) is 19.7. The van der Waals surface area contributed by atoms with Gasteiger partial charge in [0, 0.05) is 18.8 Å². The number of ether oxygens (including phenoxy) is 1. The van der Waals surface area contributed by atoms with Crippen LogP contribution in [0.4, 0.5) is 5.69 Å². The van der Waals surface area contributed by atoms with Crippen LogP contribution < -0.4 is 10.5 Å². The summed E-state index contributed by atoms with van der Waals surface area (Å²) in [5.41, 5.74) is 6.63. The van der Waals surface area contributed by atoms with Crippen molar-refractivity contribution in [3.63, 3.8) is 0 Å². The van der Waals surface area contributed by atoms with E-state index in [-0.39, 0.29) is 5.91 Å². The van der Waals surface area contributed by atoms with Crippen LogP contribution in [0.15, 0.2) is 18.2 Å².